The van der Waals surface area contributed by atoms with Crippen LogP contribution in [0.1, 0.15) is 0 Å². The Bertz CT molecular complexity index is 708. The summed E-state index contributed by atoms with van der Waals surface area (Å²) >= 11 is 0.810. The molecule has 9 heteroatoms. The van der Waals surface area contributed by atoms with Crippen LogP contribution in [-0.4, -0.2) is 29.8 Å². The van der Waals surface area contributed by atoms with Crippen LogP contribution in [-0.2, 0) is 9.84 Å². The number of aromatic nitrogens is 2. The Kier molecular flexibility index (Phi) is 3.09. The van der Waals surface area contributed by atoms with Gasteiger partial charge in [-0.3, -0.25) is 10.1 Å². The van der Waals surface area contributed by atoms with E-state index < -0.39 is 14.8 Å². The molecule has 0 N–H and O–H groups in total. The summed E-state index contributed by atoms with van der Waals surface area (Å²) in [7, 11) is -3.45. The zero-order valence-corrected chi connectivity index (χ0v) is 10.7. The van der Waals surface area contributed by atoms with Crippen LogP contribution in [0.3, 0.4) is 0 Å². The Labute approximate surface area is 106 Å². The minimum Gasteiger partial charge on any atom is -0.258 e. The van der Waals surface area contributed by atoms with Crippen molar-refractivity contribution < 1.29 is 13.3 Å². The fourth-order valence-corrected chi connectivity index (χ4v) is 2.92. The van der Waals surface area contributed by atoms with Crippen molar-refractivity contribution in [3.8, 4) is 10.6 Å². The van der Waals surface area contributed by atoms with Crippen LogP contribution in [0, 0.1) is 10.1 Å². The van der Waals surface area contributed by atoms with Gasteiger partial charge in [0.2, 0.25) is 14.2 Å². The fraction of sp³-hybridized carbons (Fsp3) is 0.111. The first-order valence-electron chi connectivity index (χ1n) is 4.67. The summed E-state index contributed by atoms with van der Waals surface area (Å²) in [6.45, 7) is 0. The van der Waals surface area contributed by atoms with Gasteiger partial charge in [0, 0.05) is 12.3 Å². The maximum absolute atomic E-state index is 11.3. The monoisotopic (exact) mass is 285 g/mol. The Morgan fingerprint density at radius 2 is 1.94 bits per heavy atom. The van der Waals surface area contributed by atoms with E-state index in [1.165, 1.54) is 18.2 Å². The summed E-state index contributed by atoms with van der Waals surface area (Å²) in [5, 5.41) is 18.3. The molecule has 94 valence electrons. The fourth-order valence-electron chi connectivity index (χ4n) is 1.28. The van der Waals surface area contributed by atoms with Gasteiger partial charge in [0.25, 0.3) is 5.69 Å². The van der Waals surface area contributed by atoms with E-state index in [4.69, 9.17) is 0 Å². The number of nitro groups is 1. The first-order chi connectivity index (χ1) is 8.39. The van der Waals surface area contributed by atoms with Gasteiger partial charge in [-0.2, -0.15) is 0 Å². The molecule has 18 heavy (non-hydrogen) atoms. The Morgan fingerprint density at radius 3 is 2.50 bits per heavy atom. The zero-order chi connectivity index (χ0) is 13.3. The second-order valence-corrected chi connectivity index (χ2v) is 6.59. The van der Waals surface area contributed by atoms with Crippen molar-refractivity contribution in [3.05, 3.63) is 34.4 Å². The number of nitro benzene ring substituents is 1. The predicted octanol–water partition coefficient (Wildman–Crippen LogP) is 1.52. The molecule has 1 aromatic heterocycles. The first kappa shape index (κ1) is 12.6. The lowest BCUT2D eigenvalue weighted by Gasteiger charge is -1.96. The van der Waals surface area contributed by atoms with E-state index >= 15 is 0 Å². The van der Waals surface area contributed by atoms with Crippen molar-refractivity contribution in [2.24, 2.45) is 0 Å². The summed E-state index contributed by atoms with van der Waals surface area (Å²) < 4.78 is 22.4. The molecule has 1 aromatic carbocycles. The average Bonchev–Trinajstić information content (AvgIpc) is 2.77. The highest BCUT2D eigenvalue weighted by Gasteiger charge is 2.20. The number of rotatable bonds is 3. The van der Waals surface area contributed by atoms with Crippen molar-refractivity contribution >= 4 is 26.9 Å². The van der Waals surface area contributed by atoms with Crippen LogP contribution >= 0.6 is 11.3 Å². The third kappa shape index (κ3) is 2.36. The number of hydrogen-bond donors (Lipinski definition) is 0. The van der Waals surface area contributed by atoms with Gasteiger partial charge in [0.1, 0.15) is 0 Å². The highest BCUT2D eigenvalue weighted by molar-refractivity contribution is 7.92. The molecular formula is C9H7N3O4S2. The van der Waals surface area contributed by atoms with Gasteiger partial charge in [-0.25, -0.2) is 8.42 Å². The second-order valence-electron chi connectivity index (χ2n) is 3.42. The Balaban J connectivity index is 2.57. The van der Waals surface area contributed by atoms with Gasteiger partial charge < -0.3 is 0 Å². The van der Waals surface area contributed by atoms with Crippen molar-refractivity contribution in [2.45, 2.75) is 4.34 Å². The van der Waals surface area contributed by atoms with Gasteiger partial charge in [0.15, 0.2) is 5.01 Å². The van der Waals surface area contributed by atoms with E-state index in [2.05, 4.69) is 10.2 Å². The first-order valence-corrected chi connectivity index (χ1v) is 7.38. The molecule has 0 bridgehead atoms. The number of para-hydroxylation sites is 1. The quantitative estimate of drug-likeness (QED) is 0.625. The summed E-state index contributed by atoms with van der Waals surface area (Å²) in [4.78, 5) is 10.3. The molecule has 0 aliphatic heterocycles. The van der Waals surface area contributed by atoms with Gasteiger partial charge in [-0.05, 0) is 6.07 Å². The van der Waals surface area contributed by atoms with Gasteiger partial charge in [0.05, 0.1) is 10.5 Å². The molecule has 0 radical (unpaired) electrons. The zero-order valence-electron chi connectivity index (χ0n) is 9.10. The van der Waals surface area contributed by atoms with Gasteiger partial charge in [-0.1, -0.05) is 23.5 Å². The third-order valence-corrected chi connectivity index (χ3v) is 4.68. The normalized spacial score (nSPS) is 11.4. The smallest absolute Gasteiger partial charge is 0.258 e. The Hall–Kier alpha value is -1.87. The van der Waals surface area contributed by atoms with E-state index in [-0.39, 0.29) is 20.6 Å². The summed E-state index contributed by atoms with van der Waals surface area (Å²) in [6.07, 6.45) is 1.01. The SMILES string of the molecule is CS(=O)(=O)c1nnc(-c2ccccc2[N+](=O)[O-])s1. The summed E-state index contributed by atoms with van der Waals surface area (Å²) in [5.41, 5.74) is 0.128. The van der Waals surface area contributed by atoms with E-state index in [1.54, 1.807) is 6.07 Å². The molecule has 0 saturated heterocycles. The lowest BCUT2D eigenvalue weighted by atomic mass is 10.2. The second kappa shape index (κ2) is 4.42. The molecule has 0 spiro atoms. The van der Waals surface area contributed by atoms with Crippen molar-refractivity contribution in [1.82, 2.24) is 10.2 Å². The summed E-state index contributed by atoms with van der Waals surface area (Å²) in [5.74, 6) is 0. The lowest BCUT2D eigenvalue weighted by molar-refractivity contribution is -0.384. The number of sulfone groups is 1. The highest BCUT2D eigenvalue weighted by atomic mass is 32.2. The standard InChI is InChI=1S/C9H7N3O4S2/c1-18(15,16)9-11-10-8(17-9)6-4-2-3-5-7(6)12(13)14/h2-5H,1H3. The van der Waals surface area contributed by atoms with Crippen LogP contribution < -0.4 is 0 Å². The number of hydrogen-bond acceptors (Lipinski definition) is 7. The molecule has 1 heterocycles. The maximum Gasteiger partial charge on any atom is 0.279 e. The minimum absolute atomic E-state index is 0.131. The van der Waals surface area contributed by atoms with Crippen LogP contribution in [0.4, 0.5) is 5.69 Å². The molecule has 0 unspecified atom stereocenters. The molecular weight excluding hydrogens is 278 g/mol. The predicted molar refractivity (Wildman–Crippen MR) is 65.1 cm³/mol. The lowest BCUT2D eigenvalue weighted by Crippen LogP contribution is -1.95. The average molecular weight is 285 g/mol. The van der Waals surface area contributed by atoms with Crippen LogP contribution in [0.15, 0.2) is 28.6 Å². The van der Waals surface area contributed by atoms with E-state index in [1.807, 2.05) is 0 Å². The molecule has 0 aliphatic carbocycles. The molecule has 2 rings (SSSR count). The molecule has 0 amide bonds. The molecule has 0 aliphatic rings. The van der Waals surface area contributed by atoms with Crippen LogP contribution in [0.5, 0.6) is 0 Å². The third-order valence-electron chi connectivity index (χ3n) is 2.05. The van der Waals surface area contributed by atoms with Crippen molar-refractivity contribution in [2.75, 3.05) is 6.26 Å². The van der Waals surface area contributed by atoms with Crippen LogP contribution in [0.25, 0.3) is 10.6 Å². The van der Waals surface area contributed by atoms with E-state index in [9.17, 15) is 18.5 Å². The number of nitrogens with zero attached hydrogens (tertiary/aromatic N) is 3. The highest BCUT2D eigenvalue weighted by Crippen LogP contribution is 2.32. The molecule has 2 aromatic rings. The maximum atomic E-state index is 11.3. The van der Waals surface area contributed by atoms with E-state index in [0.717, 1.165) is 17.6 Å². The van der Waals surface area contributed by atoms with Crippen molar-refractivity contribution in [1.29, 1.82) is 0 Å². The van der Waals surface area contributed by atoms with Gasteiger partial charge >= 0.3 is 0 Å². The molecule has 0 saturated carbocycles. The minimum atomic E-state index is -3.45. The topological polar surface area (TPSA) is 103 Å². The largest absolute Gasteiger partial charge is 0.279 e. The Morgan fingerprint density at radius 1 is 1.28 bits per heavy atom. The summed E-state index contributed by atoms with van der Waals surface area (Å²) in [6, 6.07) is 5.98. The molecule has 0 atom stereocenters. The van der Waals surface area contributed by atoms with Gasteiger partial charge in [-0.15, -0.1) is 10.2 Å². The van der Waals surface area contributed by atoms with Crippen LogP contribution in [0.2, 0.25) is 0 Å². The van der Waals surface area contributed by atoms with E-state index in [0.29, 0.717) is 0 Å². The van der Waals surface area contributed by atoms with Crippen molar-refractivity contribution in [3.63, 3.8) is 0 Å². The number of benzene rings is 1. The molecule has 0 fully saturated rings. The molecule has 7 nitrogen and oxygen atoms in total.